The Kier molecular flexibility index (Phi) is 6.27. The Morgan fingerprint density at radius 2 is 1.97 bits per heavy atom. The monoisotopic (exact) mass is 437 g/mol. The van der Waals surface area contributed by atoms with Crippen molar-refractivity contribution in [3.8, 4) is 5.88 Å². The maximum Gasteiger partial charge on any atom is 0.306 e. The number of halogens is 1. The number of rotatable bonds is 6. The summed E-state index contributed by atoms with van der Waals surface area (Å²) in [6, 6.07) is 0.614. The molecule has 29 heavy (non-hydrogen) atoms. The fourth-order valence-corrected chi connectivity index (χ4v) is 6.10. The highest BCUT2D eigenvalue weighted by Gasteiger charge is 2.33. The van der Waals surface area contributed by atoms with Crippen molar-refractivity contribution in [2.75, 3.05) is 20.7 Å². The molecule has 2 aliphatic rings. The zero-order valence-electron chi connectivity index (χ0n) is 17.2. The number of thiophene rings is 1. The topological polar surface area (TPSA) is 64.5 Å². The van der Waals surface area contributed by atoms with E-state index >= 15 is 0 Å². The third kappa shape index (κ3) is 4.37. The van der Waals surface area contributed by atoms with Crippen LogP contribution >= 0.6 is 22.9 Å². The van der Waals surface area contributed by atoms with Gasteiger partial charge in [-0.05, 0) is 82.6 Å². The number of esters is 1. The first-order valence-electron chi connectivity index (χ1n) is 10.4. The van der Waals surface area contributed by atoms with Crippen molar-refractivity contribution in [2.24, 2.45) is 0 Å². The maximum atomic E-state index is 12.1. The van der Waals surface area contributed by atoms with E-state index in [2.05, 4.69) is 29.0 Å². The number of aryl methyl sites for hydroxylation is 1. The van der Waals surface area contributed by atoms with Gasteiger partial charge in [0, 0.05) is 10.9 Å². The van der Waals surface area contributed by atoms with Crippen LogP contribution in [-0.4, -0.2) is 53.7 Å². The van der Waals surface area contributed by atoms with Crippen molar-refractivity contribution >= 4 is 39.1 Å². The molecule has 0 amide bonds. The quantitative estimate of drug-likeness (QED) is 0.486. The summed E-state index contributed by atoms with van der Waals surface area (Å²) in [5.74, 6) is 0.569. The Hall–Kier alpha value is -1.44. The molecule has 2 heterocycles. The molecule has 2 aliphatic carbocycles. The van der Waals surface area contributed by atoms with Crippen LogP contribution < -0.4 is 4.74 Å². The first-order chi connectivity index (χ1) is 14.0. The van der Waals surface area contributed by atoms with E-state index in [9.17, 15) is 4.79 Å². The van der Waals surface area contributed by atoms with E-state index in [1.54, 1.807) is 11.3 Å². The van der Waals surface area contributed by atoms with Gasteiger partial charge in [-0.2, -0.15) is 4.98 Å². The highest BCUT2D eigenvalue weighted by Crippen LogP contribution is 2.48. The van der Waals surface area contributed by atoms with Crippen LogP contribution in [0, 0.1) is 0 Å². The van der Waals surface area contributed by atoms with Crippen molar-refractivity contribution in [2.45, 2.75) is 69.9 Å². The van der Waals surface area contributed by atoms with Crippen molar-refractivity contribution in [1.82, 2.24) is 14.9 Å². The van der Waals surface area contributed by atoms with Gasteiger partial charge >= 0.3 is 5.97 Å². The van der Waals surface area contributed by atoms with Crippen LogP contribution in [0.4, 0.5) is 0 Å². The van der Waals surface area contributed by atoms with E-state index in [-0.39, 0.29) is 23.3 Å². The van der Waals surface area contributed by atoms with E-state index < -0.39 is 0 Å². The number of carbonyl (C=O) groups is 1. The average molecular weight is 438 g/mol. The average Bonchev–Trinajstić information content (AvgIpc) is 3.21. The second-order valence-corrected chi connectivity index (χ2v) is 9.60. The molecular weight excluding hydrogens is 410 g/mol. The van der Waals surface area contributed by atoms with Gasteiger partial charge in [-0.1, -0.05) is 0 Å². The minimum absolute atomic E-state index is 0.134. The molecule has 0 unspecified atom stereocenters. The number of nitrogens with zero attached hydrogens (tertiary/aromatic N) is 3. The van der Waals surface area contributed by atoms with E-state index in [1.807, 2.05) is 6.92 Å². The van der Waals surface area contributed by atoms with Crippen molar-refractivity contribution in [3.63, 3.8) is 0 Å². The molecule has 2 aromatic heterocycles. The van der Waals surface area contributed by atoms with Crippen LogP contribution in [0.1, 0.15) is 61.8 Å². The number of hydrogen-bond donors (Lipinski definition) is 0. The van der Waals surface area contributed by atoms with Crippen molar-refractivity contribution in [3.05, 3.63) is 15.7 Å². The van der Waals surface area contributed by atoms with Gasteiger partial charge in [-0.15, -0.1) is 11.3 Å². The molecular formula is C21H28ClN3O3S. The van der Waals surface area contributed by atoms with Gasteiger partial charge < -0.3 is 14.4 Å². The van der Waals surface area contributed by atoms with Gasteiger partial charge in [0.15, 0.2) is 0 Å². The second-order valence-electron chi connectivity index (χ2n) is 8.17. The Labute approximate surface area is 180 Å². The maximum absolute atomic E-state index is 12.1. The lowest BCUT2D eigenvalue weighted by Crippen LogP contribution is -2.35. The molecule has 1 fully saturated rings. The third-order valence-corrected chi connectivity index (χ3v) is 7.43. The Morgan fingerprint density at radius 3 is 2.66 bits per heavy atom. The number of aromatic nitrogens is 2. The van der Waals surface area contributed by atoms with Gasteiger partial charge in [0.2, 0.25) is 11.2 Å². The molecule has 2 aromatic rings. The van der Waals surface area contributed by atoms with Gasteiger partial charge in [-0.25, -0.2) is 4.98 Å². The smallest absolute Gasteiger partial charge is 0.306 e. The number of ether oxygens (including phenoxy) is 2. The zero-order chi connectivity index (χ0) is 20.5. The predicted octanol–water partition coefficient (Wildman–Crippen LogP) is 4.58. The van der Waals surface area contributed by atoms with E-state index in [4.69, 9.17) is 21.1 Å². The Balaban J connectivity index is 1.60. The lowest BCUT2D eigenvalue weighted by molar-refractivity contribution is -0.143. The molecule has 4 rings (SSSR count). The van der Waals surface area contributed by atoms with Gasteiger partial charge in [0.05, 0.1) is 18.4 Å². The molecule has 158 valence electrons. The number of fused-ring (bicyclic) bond motifs is 3. The van der Waals surface area contributed by atoms with Gasteiger partial charge in [0.25, 0.3) is 0 Å². The highest BCUT2D eigenvalue weighted by atomic mass is 35.5. The first kappa shape index (κ1) is 20.8. The normalized spacial score (nSPS) is 24.1. The van der Waals surface area contributed by atoms with Crippen LogP contribution in [0.2, 0.25) is 5.28 Å². The lowest BCUT2D eigenvalue weighted by Gasteiger charge is -2.32. The van der Waals surface area contributed by atoms with Crippen LogP contribution in [0.25, 0.3) is 10.2 Å². The molecule has 0 aliphatic heterocycles. The molecule has 1 saturated carbocycles. The molecule has 8 heteroatoms. The highest BCUT2D eigenvalue weighted by molar-refractivity contribution is 7.19. The number of carbonyl (C=O) groups excluding carboxylic acids is 1. The molecule has 0 bridgehead atoms. The zero-order valence-corrected chi connectivity index (χ0v) is 18.8. The fraction of sp³-hybridized carbons (Fsp3) is 0.667. The fourth-order valence-electron chi connectivity index (χ4n) is 4.63. The summed E-state index contributed by atoms with van der Waals surface area (Å²) < 4.78 is 11.6. The molecule has 0 saturated heterocycles. The standard InChI is InChI=1S/C21H28ClN3O3S/c1-4-27-16(26)11-12-5-10-15-17(12)18-19(23-21(22)24-20(18)29-15)28-14-8-6-13(7-9-14)25(2)3/h12-14H,4-11H2,1-3H3/t12-,13-,14-/m0/s1. The Morgan fingerprint density at radius 1 is 1.21 bits per heavy atom. The van der Waals surface area contributed by atoms with Gasteiger partial charge in [0.1, 0.15) is 10.9 Å². The summed E-state index contributed by atoms with van der Waals surface area (Å²) in [6.45, 7) is 2.25. The Bertz CT molecular complexity index is 893. The molecule has 0 aromatic carbocycles. The summed E-state index contributed by atoms with van der Waals surface area (Å²) >= 11 is 7.87. The summed E-state index contributed by atoms with van der Waals surface area (Å²) in [7, 11) is 4.27. The summed E-state index contributed by atoms with van der Waals surface area (Å²) in [5.41, 5.74) is 1.17. The minimum Gasteiger partial charge on any atom is -0.474 e. The van der Waals surface area contributed by atoms with E-state index in [0.717, 1.165) is 48.7 Å². The van der Waals surface area contributed by atoms with Crippen LogP contribution in [0.15, 0.2) is 0 Å². The summed E-state index contributed by atoms with van der Waals surface area (Å²) in [5, 5.41) is 1.17. The second kappa shape index (κ2) is 8.74. The largest absolute Gasteiger partial charge is 0.474 e. The van der Waals surface area contributed by atoms with Crippen LogP contribution in [0.5, 0.6) is 5.88 Å². The molecule has 6 nitrogen and oxygen atoms in total. The molecule has 0 radical (unpaired) electrons. The van der Waals surface area contributed by atoms with Crippen molar-refractivity contribution < 1.29 is 14.3 Å². The SMILES string of the molecule is CCOC(=O)C[C@@H]1CCc2sc3nc(Cl)nc(O[C@H]4CC[C@H](N(C)C)CC4)c3c21. The van der Waals surface area contributed by atoms with E-state index in [1.165, 1.54) is 10.4 Å². The van der Waals surface area contributed by atoms with Crippen LogP contribution in [-0.2, 0) is 16.0 Å². The van der Waals surface area contributed by atoms with E-state index in [0.29, 0.717) is 24.9 Å². The van der Waals surface area contributed by atoms with Gasteiger partial charge in [-0.3, -0.25) is 4.79 Å². The van der Waals surface area contributed by atoms with Crippen LogP contribution in [0.3, 0.4) is 0 Å². The third-order valence-electron chi connectivity index (χ3n) is 6.10. The predicted molar refractivity (Wildman–Crippen MR) is 115 cm³/mol. The number of hydrogen-bond acceptors (Lipinski definition) is 7. The molecule has 0 spiro atoms. The first-order valence-corrected chi connectivity index (χ1v) is 11.6. The summed E-state index contributed by atoms with van der Waals surface area (Å²) in [6.07, 6.45) is 6.68. The lowest BCUT2D eigenvalue weighted by atomic mass is 9.92. The summed E-state index contributed by atoms with van der Waals surface area (Å²) in [4.78, 5) is 25.4. The minimum atomic E-state index is -0.149. The van der Waals surface area contributed by atoms with Crippen molar-refractivity contribution in [1.29, 1.82) is 0 Å². The molecule has 0 N–H and O–H groups in total. The molecule has 1 atom stereocenters.